The fourth-order valence-electron chi connectivity index (χ4n) is 2.62. The summed E-state index contributed by atoms with van der Waals surface area (Å²) < 4.78 is 36.4. The van der Waals surface area contributed by atoms with Crippen LogP contribution in [0.2, 0.25) is 0 Å². The first-order valence-electron chi connectivity index (χ1n) is 8.44. The molecule has 1 heterocycles. The normalized spacial score (nSPS) is 13.0. The van der Waals surface area contributed by atoms with E-state index in [-0.39, 0.29) is 16.7 Å². The molecule has 2 N–H and O–H groups in total. The molecule has 0 bridgehead atoms. The standard InChI is InChI=1S/C18H20N4O3S2/c1-12(2)16(18(23)19-11-13-7-4-3-5-8-13)22-27(24,25)15-10-6-9-14-17(15)21-26-20-14/h3-10,12,16,22H,11H2,1-2H3,(H,19,23)/t16-/m1/s1. The second kappa shape index (κ2) is 8.12. The minimum absolute atomic E-state index is 0.0234. The average Bonchev–Trinajstić information content (AvgIpc) is 3.13. The molecule has 27 heavy (non-hydrogen) atoms. The van der Waals surface area contributed by atoms with Crippen molar-refractivity contribution < 1.29 is 13.2 Å². The summed E-state index contributed by atoms with van der Waals surface area (Å²) in [4.78, 5) is 12.6. The molecule has 0 unspecified atom stereocenters. The Balaban J connectivity index is 1.79. The van der Waals surface area contributed by atoms with E-state index in [1.807, 2.05) is 30.3 Å². The Hall–Kier alpha value is -2.36. The highest BCUT2D eigenvalue weighted by molar-refractivity contribution is 7.89. The van der Waals surface area contributed by atoms with E-state index in [9.17, 15) is 13.2 Å². The Kier molecular flexibility index (Phi) is 5.83. The van der Waals surface area contributed by atoms with Crippen molar-refractivity contribution in [2.45, 2.75) is 31.3 Å². The summed E-state index contributed by atoms with van der Waals surface area (Å²) in [6.07, 6.45) is 0. The minimum Gasteiger partial charge on any atom is -0.351 e. The van der Waals surface area contributed by atoms with Gasteiger partial charge in [-0.1, -0.05) is 50.2 Å². The number of nitrogens with zero attached hydrogens (tertiary/aromatic N) is 2. The lowest BCUT2D eigenvalue weighted by Crippen LogP contribution is -2.49. The van der Waals surface area contributed by atoms with Crippen molar-refractivity contribution in [3.63, 3.8) is 0 Å². The number of sulfonamides is 1. The van der Waals surface area contributed by atoms with E-state index in [2.05, 4.69) is 18.8 Å². The van der Waals surface area contributed by atoms with E-state index in [0.717, 1.165) is 17.3 Å². The Bertz CT molecular complexity index is 1030. The minimum atomic E-state index is -3.94. The van der Waals surface area contributed by atoms with Gasteiger partial charge in [0.25, 0.3) is 0 Å². The summed E-state index contributed by atoms with van der Waals surface area (Å²) in [5.41, 5.74) is 1.76. The number of amides is 1. The van der Waals surface area contributed by atoms with Crippen LogP contribution >= 0.6 is 11.7 Å². The molecule has 3 rings (SSSR count). The third kappa shape index (κ3) is 4.49. The van der Waals surface area contributed by atoms with Crippen LogP contribution < -0.4 is 10.0 Å². The van der Waals surface area contributed by atoms with Gasteiger partial charge in [0.05, 0.1) is 11.7 Å². The molecule has 1 atom stereocenters. The molecular weight excluding hydrogens is 384 g/mol. The maximum atomic E-state index is 12.9. The highest BCUT2D eigenvalue weighted by Gasteiger charge is 2.29. The monoisotopic (exact) mass is 404 g/mol. The molecule has 0 saturated carbocycles. The molecule has 1 aromatic heterocycles. The van der Waals surface area contributed by atoms with Gasteiger partial charge in [-0.15, -0.1) is 0 Å². The SMILES string of the molecule is CC(C)[C@@H](NS(=O)(=O)c1cccc2nsnc12)C(=O)NCc1ccccc1. The number of rotatable bonds is 7. The fourth-order valence-corrected chi connectivity index (χ4v) is 4.73. The van der Waals surface area contributed by atoms with Crippen molar-refractivity contribution in [1.29, 1.82) is 0 Å². The first kappa shape index (κ1) is 19.4. The molecule has 3 aromatic rings. The number of benzene rings is 2. The summed E-state index contributed by atoms with van der Waals surface area (Å²) in [5, 5.41) is 2.79. The Morgan fingerprint density at radius 3 is 2.52 bits per heavy atom. The van der Waals surface area contributed by atoms with Crippen molar-refractivity contribution in [2.75, 3.05) is 0 Å². The highest BCUT2D eigenvalue weighted by atomic mass is 32.2. The molecular formula is C18H20N4O3S2. The quantitative estimate of drug-likeness (QED) is 0.629. The summed E-state index contributed by atoms with van der Waals surface area (Å²) in [5.74, 6) is -0.607. The van der Waals surface area contributed by atoms with Crippen LogP contribution in [0.1, 0.15) is 19.4 Å². The lowest BCUT2D eigenvalue weighted by atomic mass is 10.0. The lowest BCUT2D eigenvalue weighted by molar-refractivity contribution is -0.123. The number of hydrogen-bond acceptors (Lipinski definition) is 6. The second-order valence-electron chi connectivity index (χ2n) is 6.43. The largest absolute Gasteiger partial charge is 0.351 e. The predicted molar refractivity (Wildman–Crippen MR) is 105 cm³/mol. The van der Waals surface area contributed by atoms with E-state index < -0.39 is 16.1 Å². The maximum Gasteiger partial charge on any atom is 0.243 e. The Labute approximate surface area is 162 Å². The van der Waals surface area contributed by atoms with E-state index >= 15 is 0 Å². The van der Waals surface area contributed by atoms with E-state index in [1.54, 1.807) is 26.0 Å². The maximum absolute atomic E-state index is 12.9. The van der Waals surface area contributed by atoms with Crippen LogP contribution in [0.5, 0.6) is 0 Å². The van der Waals surface area contributed by atoms with Crippen LogP contribution in [-0.2, 0) is 21.4 Å². The number of fused-ring (bicyclic) bond motifs is 1. The summed E-state index contributed by atoms with van der Waals surface area (Å²) in [7, 11) is -3.94. The number of nitrogens with one attached hydrogen (secondary N) is 2. The molecule has 0 radical (unpaired) electrons. The van der Waals surface area contributed by atoms with Gasteiger partial charge >= 0.3 is 0 Å². The van der Waals surface area contributed by atoms with Gasteiger partial charge in [0.2, 0.25) is 15.9 Å². The molecule has 142 valence electrons. The van der Waals surface area contributed by atoms with E-state index in [0.29, 0.717) is 17.6 Å². The van der Waals surface area contributed by atoms with Crippen molar-refractivity contribution in [1.82, 2.24) is 18.8 Å². The van der Waals surface area contributed by atoms with Gasteiger partial charge in [-0.25, -0.2) is 8.42 Å². The topological polar surface area (TPSA) is 101 Å². The number of carbonyl (C=O) groups is 1. The zero-order valence-electron chi connectivity index (χ0n) is 14.9. The van der Waals surface area contributed by atoms with Gasteiger partial charge in [-0.05, 0) is 23.6 Å². The molecule has 7 nitrogen and oxygen atoms in total. The van der Waals surface area contributed by atoms with Gasteiger partial charge < -0.3 is 5.32 Å². The van der Waals surface area contributed by atoms with Gasteiger partial charge in [0, 0.05) is 6.54 Å². The van der Waals surface area contributed by atoms with Gasteiger partial charge in [0.15, 0.2) is 0 Å². The van der Waals surface area contributed by atoms with Crippen LogP contribution in [0.3, 0.4) is 0 Å². The van der Waals surface area contributed by atoms with Gasteiger partial charge in [0.1, 0.15) is 22.0 Å². The Morgan fingerprint density at radius 1 is 1.07 bits per heavy atom. The first-order valence-corrected chi connectivity index (χ1v) is 10.6. The number of aromatic nitrogens is 2. The smallest absolute Gasteiger partial charge is 0.243 e. The molecule has 0 aliphatic carbocycles. The zero-order chi connectivity index (χ0) is 19.4. The second-order valence-corrected chi connectivity index (χ2v) is 8.65. The Morgan fingerprint density at radius 2 is 1.81 bits per heavy atom. The number of carbonyl (C=O) groups excluding carboxylic acids is 1. The van der Waals surface area contributed by atoms with Crippen molar-refractivity contribution in [3.05, 3.63) is 54.1 Å². The predicted octanol–water partition coefficient (Wildman–Crippen LogP) is 2.31. The van der Waals surface area contributed by atoms with Crippen molar-refractivity contribution >= 4 is 38.7 Å². The zero-order valence-corrected chi connectivity index (χ0v) is 16.5. The molecule has 0 spiro atoms. The average molecular weight is 405 g/mol. The third-order valence-corrected chi connectivity index (χ3v) is 6.09. The van der Waals surface area contributed by atoms with E-state index in [1.165, 1.54) is 6.07 Å². The summed E-state index contributed by atoms with van der Waals surface area (Å²) >= 11 is 0.949. The summed E-state index contributed by atoms with van der Waals surface area (Å²) in [6.45, 7) is 3.91. The molecule has 2 aromatic carbocycles. The summed E-state index contributed by atoms with van der Waals surface area (Å²) in [6, 6.07) is 13.3. The van der Waals surface area contributed by atoms with Crippen LogP contribution in [0, 0.1) is 5.92 Å². The lowest BCUT2D eigenvalue weighted by Gasteiger charge is -2.21. The van der Waals surface area contributed by atoms with Crippen molar-refractivity contribution in [2.24, 2.45) is 5.92 Å². The molecule has 0 aliphatic heterocycles. The van der Waals surface area contributed by atoms with E-state index in [4.69, 9.17) is 0 Å². The third-order valence-electron chi connectivity index (χ3n) is 4.08. The highest BCUT2D eigenvalue weighted by Crippen LogP contribution is 2.21. The molecule has 0 aliphatic rings. The molecule has 0 saturated heterocycles. The fraction of sp³-hybridized carbons (Fsp3) is 0.278. The van der Waals surface area contributed by atoms with Crippen LogP contribution in [0.15, 0.2) is 53.4 Å². The first-order chi connectivity index (χ1) is 12.9. The molecule has 0 fully saturated rings. The van der Waals surface area contributed by atoms with Gasteiger partial charge in [-0.3, -0.25) is 4.79 Å². The van der Waals surface area contributed by atoms with Crippen LogP contribution in [-0.4, -0.2) is 29.1 Å². The van der Waals surface area contributed by atoms with Crippen LogP contribution in [0.4, 0.5) is 0 Å². The number of hydrogen-bond donors (Lipinski definition) is 2. The molecule has 1 amide bonds. The van der Waals surface area contributed by atoms with Crippen molar-refractivity contribution in [3.8, 4) is 0 Å². The van der Waals surface area contributed by atoms with Crippen LogP contribution in [0.25, 0.3) is 11.0 Å². The van der Waals surface area contributed by atoms with Gasteiger partial charge in [-0.2, -0.15) is 13.5 Å². The molecule has 9 heteroatoms.